The molecule has 0 aliphatic carbocycles. The minimum atomic E-state index is -3.91. The van der Waals surface area contributed by atoms with E-state index in [0.717, 1.165) is 11.6 Å². The maximum Gasteiger partial charge on any atom is 0.357 e. The van der Waals surface area contributed by atoms with Gasteiger partial charge in [0.1, 0.15) is 0 Å². The zero-order chi connectivity index (χ0) is 13.3. The Balaban J connectivity index is 2.47. The maximum absolute atomic E-state index is 11.5. The quantitative estimate of drug-likeness (QED) is 0.815. The number of hydrogen-bond acceptors (Lipinski definition) is 5. The molecule has 9 heteroatoms. The molecule has 1 N–H and O–H groups in total. The van der Waals surface area contributed by atoms with Crippen molar-refractivity contribution in [2.75, 3.05) is 7.11 Å². The fourth-order valence-corrected chi connectivity index (χ4v) is 3.60. The molecular formula is C9H7BrN2O4S2. The second-order valence-corrected chi connectivity index (χ2v) is 6.40. The van der Waals surface area contributed by atoms with E-state index in [-0.39, 0.29) is 5.71 Å². The number of nitrogens with zero attached hydrogens (tertiary/aromatic N) is 1. The Morgan fingerprint density at radius 1 is 1.56 bits per heavy atom. The first-order valence-electron chi connectivity index (χ1n) is 4.58. The zero-order valence-corrected chi connectivity index (χ0v) is 12.2. The highest BCUT2D eigenvalue weighted by atomic mass is 79.9. The second-order valence-electron chi connectivity index (χ2n) is 3.23. The summed E-state index contributed by atoms with van der Waals surface area (Å²) in [5.74, 6) is -0.798. The van der Waals surface area contributed by atoms with Gasteiger partial charge in [-0.3, -0.25) is 4.72 Å². The first kappa shape index (κ1) is 13.2. The summed E-state index contributed by atoms with van der Waals surface area (Å²) < 4.78 is 33.9. The van der Waals surface area contributed by atoms with Gasteiger partial charge in [0.15, 0.2) is 5.71 Å². The number of hydrogen-bond donors (Lipinski definition) is 1. The number of nitrogens with one attached hydrogen (secondary N) is 1. The van der Waals surface area contributed by atoms with Crippen molar-refractivity contribution in [3.63, 3.8) is 0 Å². The van der Waals surface area contributed by atoms with Crippen LogP contribution in [0.2, 0.25) is 0 Å². The van der Waals surface area contributed by atoms with Gasteiger partial charge in [-0.15, -0.1) is 15.7 Å². The van der Waals surface area contributed by atoms with E-state index in [9.17, 15) is 13.2 Å². The van der Waals surface area contributed by atoms with Crippen molar-refractivity contribution >= 4 is 54.9 Å². The monoisotopic (exact) mass is 350 g/mol. The van der Waals surface area contributed by atoms with E-state index < -0.39 is 16.2 Å². The van der Waals surface area contributed by atoms with Crippen LogP contribution in [0.4, 0.5) is 0 Å². The molecule has 1 aromatic rings. The number of halogens is 1. The molecule has 0 saturated carbocycles. The molecule has 0 radical (unpaired) electrons. The van der Waals surface area contributed by atoms with Crippen molar-refractivity contribution in [2.45, 2.75) is 0 Å². The van der Waals surface area contributed by atoms with E-state index in [1.54, 1.807) is 11.4 Å². The first-order valence-corrected chi connectivity index (χ1v) is 7.70. The molecule has 0 spiro atoms. The molecule has 0 saturated heterocycles. The third-order valence-corrected chi connectivity index (χ3v) is 4.61. The van der Waals surface area contributed by atoms with Gasteiger partial charge in [-0.25, -0.2) is 4.79 Å². The number of carbonyl (C=O) groups excluding carboxylic acids is 1. The van der Waals surface area contributed by atoms with Crippen LogP contribution in [0.3, 0.4) is 0 Å². The highest BCUT2D eigenvalue weighted by Crippen LogP contribution is 2.27. The van der Waals surface area contributed by atoms with Gasteiger partial charge in [0, 0.05) is 9.85 Å². The van der Waals surface area contributed by atoms with Gasteiger partial charge in [-0.05, 0) is 28.1 Å². The fourth-order valence-electron chi connectivity index (χ4n) is 1.26. The lowest BCUT2D eigenvalue weighted by molar-refractivity contribution is -0.132. The largest absolute Gasteiger partial charge is 0.464 e. The van der Waals surface area contributed by atoms with E-state index in [1.165, 1.54) is 17.4 Å². The number of carbonyl (C=O) groups is 1. The van der Waals surface area contributed by atoms with Crippen LogP contribution in [0.1, 0.15) is 4.88 Å². The SMILES string of the molecule is COC(=O)C1=NS(=O)(=O)NC(c2cc(Br)cs2)=C1. The Morgan fingerprint density at radius 2 is 2.28 bits per heavy atom. The Morgan fingerprint density at radius 3 is 2.83 bits per heavy atom. The molecular weight excluding hydrogens is 344 g/mol. The molecule has 0 bridgehead atoms. The smallest absolute Gasteiger partial charge is 0.357 e. The van der Waals surface area contributed by atoms with Gasteiger partial charge < -0.3 is 4.74 Å². The molecule has 96 valence electrons. The van der Waals surface area contributed by atoms with Gasteiger partial charge in [-0.2, -0.15) is 8.42 Å². The van der Waals surface area contributed by atoms with Gasteiger partial charge in [0.2, 0.25) is 0 Å². The molecule has 1 aliphatic heterocycles. The lowest BCUT2D eigenvalue weighted by Crippen LogP contribution is -2.29. The van der Waals surface area contributed by atoms with Gasteiger partial charge >= 0.3 is 16.2 Å². The Labute approximate surface area is 116 Å². The van der Waals surface area contributed by atoms with Crippen LogP contribution in [-0.4, -0.2) is 27.2 Å². The summed E-state index contributed by atoms with van der Waals surface area (Å²) in [4.78, 5) is 12.0. The number of methoxy groups -OCH3 is 1. The van der Waals surface area contributed by atoms with Gasteiger partial charge in [-0.1, -0.05) is 0 Å². The van der Waals surface area contributed by atoms with Gasteiger partial charge in [0.05, 0.1) is 17.7 Å². The fraction of sp³-hybridized carbons (Fsp3) is 0.111. The van der Waals surface area contributed by atoms with Crippen LogP contribution in [-0.2, 0) is 19.7 Å². The number of rotatable bonds is 2. The molecule has 0 amide bonds. The van der Waals surface area contributed by atoms with Crippen molar-refractivity contribution in [1.29, 1.82) is 0 Å². The van der Waals surface area contributed by atoms with E-state index in [0.29, 0.717) is 10.6 Å². The molecule has 0 unspecified atom stereocenters. The first-order chi connectivity index (χ1) is 8.41. The standard InChI is InChI=1S/C9H7BrN2O4S2/c1-16-9(13)7-3-6(11-18(14,15)12-7)8-2-5(10)4-17-8/h2-4,11H,1H3. The minimum Gasteiger partial charge on any atom is -0.464 e. The highest BCUT2D eigenvalue weighted by Gasteiger charge is 2.24. The molecule has 1 aliphatic rings. The zero-order valence-electron chi connectivity index (χ0n) is 9.01. The minimum absolute atomic E-state index is 0.254. The second kappa shape index (κ2) is 4.82. The van der Waals surface area contributed by atoms with E-state index in [1.807, 2.05) is 0 Å². The molecule has 18 heavy (non-hydrogen) atoms. The molecule has 6 nitrogen and oxygen atoms in total. The molecule has 0 aromatic carbocycles. The van der Waals surface area contributed by atoms with Crippen LogP contribution in [0.25, 0.3) is 5.70 Å². The molecule has 0 fully saturated rings. The van der Waals surface area contributed by atoms with Crippen molar-refractivity contribution in [3.05, 3.63) is 26.9 Å². The predicted octanol–water partition coefficient (Wildman–Crippen LogP) is 1.31. The molecule has 0 atom stereocenters. The van der Waals surface area contributed by atoms with Crippen molar-refractivity contribution in [3.8, 4) is 0 Å². The van der Waals surface area contributed by atoms with E-state index in [2.05, 4.69) is 29.8 Å². The maximum atomic E-state index is 11.5. The summed E-state index contributed by atoms with van der Waals surface area (Å²) >= 11 is 4.60. The molecule has 1 aromatic heterocycles. The summed E-state index contributed by atoms with van der Waals surface area (Å²) in [6.45, 7) is 0. The third-order valence-electron chi connectivity index (χ3n) is 1.97. The Hall–Kier alpha value is -1.19. The highest BCUT2D eigenvalue weighted by molar-refractivity contribution is 9.10. The van der Waals surface area contributed by atoms with Crippen LogP contribution in [0, 0.1) is 0 Å². The normalized spacial score (nSPS) is 17.4. The number of thiophene rings is 1. The van der Waals surface area contributed by atoms with Crippen molar-refractivity contribution in [1.82, 2.24) is 4.72 Å². The summed E-state index contributed by atoms with van der Waals surface area (Å²) in [5.41, 5.74) is 0.0388. The number of ether oxygens (including phenoxy) is 1. The Bertz CT molecular complexity index is 660. The van der Waals surface area contributed by atoms with E-state index in [4.69, 9.17) is 0 Å². The summed E-state index contributed by atoms with van der Waals surface area (Å²) in [5, 5.41) is 1.80. The Kier molecular flexibility index (Phi) is 3.55. The van der Waals surface area contributed by atoms with Crippen LogP contribution >= 0.6 is 27.3 Å². The van der Waals surface area contributed by atoms with E-state index >= 15 is 0 Å². The van der Waals surface area contributed by atoms with Crippen LogP contribution in [0.15, 0.2) is 26.4 Å². The summed E-state index contributed by atoms with van der Waals surface area (Å²) in [6, 6.07) is 1.74. The summed E-state index contributed by atoms with van der Waals surface area (Å²) in [6.07, 6.45) is 1.34. The number of esters is 1. The molecule has 2 heterocycles. The van der Waals surface area contributed by atoms with Gasteiger partial charge in [0.25, 0.3) is 0 Å². The average Bonchev–Trinajstić information content (AvgIpc) is 2.72. The van der Waals surface area contributed by atoms with Crippen molar-refractivity contribution in [2.24, 2.45) is 4.40 Å². The predicted molar refractivity (Wildman–Crippen MR) is 71.5 cm³/mol. The average molecular weight is 351 g/mol. The topological polar surface area (TPSA) is 84.8 Å². The molecule has 2 rings (SSSR count). The van der Waals surface area contributed by atoms with Crippen LogP contribution < -0.4 is 4.72 Å². The lowest BCUT2D eigenvalue weighted by Gasteiger charge is -2.12. The van der Waals surface area contributed by atoms with Crippen molar-refractivity contribution < 1.29 is 17.9 Å². The lowest BCUT2D eigenvalue weighted by atomic mass is 10.2. The summed E-state index contributed by atoms with van der Waals surface area (Å²) in [7, 11) is -2.75. The van der Waals surface area contributed by atoms with Crippen LogP contribution in [0.5, 0.6) is 0 Å². The third kappa shape index (κ3) is 2.79.